The van der Waals surface area contributed by atoms with E-state index in [-0.39, 0.29) is 0 Å². The van der Waals surface area contributed by atoms with Crippen molar-refractivity contribution in [2.24, 2.45) is 0 Å². The number of anilines is 1. The monoisotopic (exact) mass is 214 g/mol. The molecule has 0 fully saturated rings. The van der Waals surface area contributed by atoms with E-state index < -0.39 is 0 Å². The van der Waals surface area contributed by atoms with Gasteiger partial charge in [-0.3, -0.25) is 4.40 Å². The molecule has 3 rings (SSSR count). The highest BCUT2D eigenvalue weighted by atomic mass is 15.3. The minimum Gasteiger partial charge on any atom is -0.330 e. The fraction of sp³-hybridized carbons (Fsp3) is 0.167. The molecule has 82 valence electrons. The molecule has 0 radical (unpaired) electrons. The van der Waals surface area contributed by atoms with Crippen LogP contribution < -0.4 is 5.32 Å². The lowest BCUT2D eigenvalue weighted by molar-refractivity contribution is 1.09. The topological polar surface area (TPSA) is 42.2 Å². The zero-order valence-electron chi connectivity index (χ0n) is 9.44. The van der Waals surface area contributed by atoms with E-state index >= 15 is 0 Å². The Kier molecular flexibility index (Phi) is 2.72. The Morgan fingerprint density at radius 3 is 2.88 bits per heavy atom. The summed E-state index contributed by atoms with van der Waals surface area (Å²) in [5.74, 6) is 0.751. The highest BCUT2D eigenvalue weighted by molar-refractivity contribution is 5.70. The summed E-state index contributed by atoms with van der Waals surface area (Å²) < 4.78 is 1.97. The van der Waals surface area contributed by atoms with Crippen molar-refractivity contribution in [3.05, 3.63) is 36.2 Å². The second-order valence-electron chi connectivity index (χ2n) is 3.07. The van der Waals surface area contributed by atoms with Crippen molar-refractivity contribution in [3.8, 4) is 0 Å². The quantitative estimate of drug-likeness (QED) is 0.793. The van der Waals surface area contributed by atoms with Gasteiger partial charge in [-0.15, -0.1) is 10.2 Å². The van der Waals surface area contributed by atoms with Gasteiger partial charge >= 0.3 is 0 Å². The van der Waals surface area contributed by atoms with Gasteiger partial charge in [-0.25, -0.2) is 0 Å². The minimum atomic E-state index is 0.751. The Bertz CT molecular complexity index is 551. The van der Waals surface area contributed by atoms with E-state index in [4.69, 9.17) is 0 Å². The molecule has 4 nitrogen and oxygen atoms in total. The third kappa shape index (κ3) is 1.39. The third-order valence-corrected chi connectivity index (χ3v) is 2.31. The zero-order chi connectivity index (χ0) is 11.5. The predicted octanol–water partition coefficient (Wildman–Crippen LogP) is 2.79. The van der Waals surface area contributed by atoms with Crippen LogP contribution in [0.3, 0.4) is 0 Å². The van der Waals surface area contributed by atoms with E-state index in [0.717, 1.165) is 22.9 Å². The molecule has 16 heavy (non-hydrogen) atoms. The minimum absolute atomic E-state index is 0.751. The van der Waals surface area contributed by atoms with Crippen molar-refractivity contribution in [1.29, 1.82) is 0 Å². The molecular weight excluding hydrogens is 200 g/mol. The van der Waals surface area contributed by atoms with E-state index in [1.54, 1.807) is 0 Å². The van der Waals surface area contributed by atoms with Gasteiger partial charge in [0.2, 0.25) is 5.95 Å². The molecule has 0 amide bonds. The summed E-state index contributed by atoms with van der Waals surface area (Å²) in [7, 11) is 0. The van der Waals surface area contributed by atoms with Gasteiger partial charge < -0.3 is 5.32 Å². The first-order chi connectivity index (χ1) is 7.90. The lowest BCUT2D eigenvalue weighted by atomic mass is 10.1. The number of hydrogen-bond donors (Lipinski definition) is 1. The van der Waals surface area contributed by atoms with Crippen molar-refractivity contribution in [1.82, 2.24) is 14.6 Å². The van der Waals surface area contributed by atoms with Gasteiger partial charge in [0.05, 0.1) is 5.69 Å². The van der Waals surface area contributed by atoms with Crippen molar-refractivity contribution in [3.63, 3.8) is 0 Å². The summed E-state index contributed by atoms with van der Waals surface area (Å²) in [6.45, 7) is 7.78. The molecule has 0 spiro atoms. The summed E-state index contributed by atoms with van der Waals surface area (Å²) in [5, 5.41) is 11.1. The van der Waals surface area contributed by atoms with E-state index in [1.165, 1.54) is 0 Å². The third-order valence-electron chi connectivity index (χ3n) is 2.31. The number of pyridine rings is 1. The lowest BCUT2D eigenvalue weighted by Crippen LogP contribution is -2.04. The molecule has 2 aromatic heterocycles. The molecule has 0 unspecified atom stereocenters. The molecule has 2 aromatic rings. The van der Waals surface area contributed by atoms with E-state index in [1.807, 2.05) is 48.7 Å². The van der Waals surface area contributed by atoms with Crippen LogP contribution in [0.1, 0.15) is 25.1 Å². The van der Waals surface area contributed by atoms with Crippen LogP contribution in [0.4, 0.5) is 5.95 Å². The maximum Gasteiger partial charge on any atom is 0.233 e. The lowest BCUT2D eigenvalue weighted by Gasteiger charge is -2.11. The Morgan fingerprint density at radius 2 is 2.12 bits per heavy atom. The van der Waals surface area contributed by atoms with Crippen LogP contribution in [0, 0.1) is 0 Å². The molecule has 0 bridgehead atoms. The zero-order valence-corrected chi connectivity index (χ0v) is 9.44. The summed E-state index contributed by atoms with van der Waals surface area (Å²) in [5.41, 5.74) is 2.99. The first-order valence-corrected chi connectivity index (χ1v) is 5.34. The average molecular weight is 214 g/mol. The van der Waals surface area contributed by atoms with Crippen LogP contribution in [0.15, 0.2) is 24.9 Å². The average Bonchev–Trinajstić information content (AvgIpc) is 2.78. The Labute approximate surface area is 94.3 Å². The Morgan fingerprint density at radius 1 is 1.31 bits per heavy atom. The fourth-order valence-corrected chi connectivity index (χ4v) is 1.65. The highest BCUT2D eigenvalue weighted by Crippen LogP contribution is 2.21. The van der Waals surface area contributed by atoms with Gasteiger partial charge in [-0.05, 0) is 23.8 Å². The molecule has 1 N–H and O–H groups in total. The largest absolute Gasteiger partial charge is 0.330 e. The van der Waals surface area contributed by atoms with Gasteiger partial charge in [0.1, 0.15) is 0 Å². The van der Waals surface area contributed by atoms with E-state index in [2.05, 4.69) is 22.1 Å². The molecule has 3 heterocycles. The summed E-state index contributed by atoms with van der Waals surface area (Å²) in [4.78, 5) is 0. The van der Waals surface area contributed by atoms with Crippen molar-refractivity contribution >= 4 is 23.7 Å². The Balaban J connectivity index is 0.000000457. The maximum absolute atomic E-state index is 4.04. The normalized spacial score (nSPS) is 11.6. The van der Waals surface area contributed by atoms with Crippen LogP contribution in [0.2, 0.25) is 0 Å². The Hall–Kier alpha value is -2.10. The maximum atomic E-state index is 4.04. The van der Waals surface area contributed by atoms with Crippen LogP contribution in [0.25, 0.3) is 17.8 Å². The fourth-order valence-electron chi connectivity index (χ4n) is 1.65. The second kappa shape index (κ2) is 4.18. The van der Waals surface area contributed by atoms with Crippen molar-refractivity contribution in [2.75, 3.05) is 5.32 Å². The molecule has 1 aliphatic heterocycles. The molecule has 0 saturated heterocycles. The molecule has 4 heteroatoms. The number of nitrogens with one attached hydrogen (secondary N) is 1. The first-order valence-electron chi connectivity index (χ1n) is 5.34. The summed E-state index contributed by atoms with van der Waals surface area (Å²) in [6.07, 6.45) is 5.67. The summed E-state index contributed by atoms with van der Waals surface area (Å²) >= 11 is 0. The molecule has 0 atom stereocenters. The van der Waals surface area contributed by atoms with Crippen LogP contribution in [0.5, 0.6) is 0 Å². The molecule has 1 aliphatic rings. The number of nitrogens with zero attached hydrogens (tertiary/aromatic N) is 3. The van der Waals surface area contributed by atoms with Crippen molar-refractivity contribution < 1.29 is 0 Å². The number of rotatable bonds is 1. The SMILES string of the molecule is C=Cc1ccc2nnc3n2c1C=CN3.CC. The predicted molar refractivity (Wildman–Crippen MR) is 67.1 cm³/mol. The van der Waals surface area contributed by atoms with E-state index in [9.17, 15) is 0 Å². The number of hydrogen-bond acceptors (Lipinski definition) is 3. The molecule has 0 saturated carbocycles. The molecule has 0 aliphatic carbocycles. The number of aromatic nitrogens is 3. The van der Waals surface area contributed by atoms with Gasteiger partial charge in [0.15, 0.2) is 5.65 Å². The van der Waals surface area contributed by atoms with Gasteiger partial charge in [-0.1, -0.05) is 26.5 Å². The smallest absolute Gasteiger partial charge is 0.233 e. The highest BCUT2D eigenvalue weighted by Gasteiger charge is 2.12. The molecule has 0 aromatic carbocycles. The first kappa shape index (κ1) is 10.4. The van der Waals surface area contributed by atoms with Gasteiger partial charge in [-0.2, -0.15) is 0 Å². The van der Waals surface area contributed by atoms with Gasteiger partial charge in [0.25, 0.3) is 0 Å². The standard InChI is InChI=1S/C10H8N4.C2H6/c1-2-7-3-4-9-12-13-10-11-6-5-8(7)14(9)10;1-2/h2-6H,1H2,(H,11,13);1-2H3. The van der Waals surface area contributed by atoms with Crippen LogP contribution in [-0.4, -0.2) is 14.6 Å². The van der Waals surface area contributed by atoms with E-state index in [0.29, 0.717) is 0 Å². The van der Waals surface area contributed by atoms with Crippen molar-refractivity contribution in [2.45, 2.75) is 13.8 Å². The van der Waals surface area contributed by atoms with Crippen LogP contribution >= 0.6 is 0 Å². The molecular formula is C12H14N4. The second-order valence-corrected chi connectivity index (χ2v) is 3.07. The van der Waals surface area contributed by atoms with Gasteiger partial charge in [0, 0.05) is 6.20 Å². The summed E-state index contributed by atoms with van der Waals surface area (Å²) in [6, 6.07) is 3.92. The van der Waals surface area contributed by atoms with Crippen LogP contribution in [-0.2, 0) is 0 Å².